The topological polar surface area (TPSA) is 142 Å². The van der Waals surface area contributed by atoms with Gasteiger partial charge in [0.15, 0.2) is 0 Å². The van der Waals surface area contributed by atoms with Gasteiger partial charge in [-0.05, 0) is 128 Å². The lowest BCUT2D eigenvalue weighted by molar-refractivity contribution is 0.409. The number of benzene rings is 5. The van der Waals surface area contributed by atoms with E-state index in [1.54, 1.807) is 12.1 Å². The Morgan fingerprint density at radius 1 is 0.580 bits per heavy atom. The van der Waals surface area contributed by atoms with Gasteiger partial charge in [0.05, 0.1) is 16.9 Å². The van der Waals surface area contributed by atoms with Gasteiger partial charge in [0.2, 0.25) is 0 Å². The summed E-state index contributed by atoms with van der Waals surface area (Å²) in [5.74, 6) is -0.503. The van der Waals surface area contributed by atoms with Crippen molar-refractivity contribution in [1.29, 1.82) is 0 Å². The van der Waals surface area contributed by atoms with E-state index in [-0.39, 0.29) is 5.56 Å². The van der Waals surface area contributed by atoms with Crippen LogP contribution in [-0.2, 0) is 20.2 Å². The Hall–Kier alpha value is -4.10. The van der Waals surface area contributed by atoms with E-state index in [9.17, 15) is 25.9 Å². The maximum absolute atomic E-state index is 12.8. The molecule has 0 saturated carbocycles. The molecular formula is C37H36Cl2N2O7S2. The molecule has 5 aromatic carbocycles. The standard InChI is InChI=1S/C37H36Cl2N2O7S2/c1-20-17-27(40-36-21(2)13-25(38)14-22(36)3)7-10-30(20)35(32-12-9-29(49(42,43)44)19-34(32)50(45,46)47)31-11-8-28(18-33(31)48-6)41-37-23(4)15-26(39)16-24(37)5/h7-19,35,40-41H,1-6H3,(H,42,43,44)(H,45,46,47). The van der Waals surface area contributed by atoms with Crippen molar-refractivity contribution in [3.05, 3.63) is 133 Å². The van der Waals surface area contributed by atoms with Crippen molar-refractivity contribution in [2.75, 3.05) is 17.7 Å². The number of aryl methyl sites for hydroxylation is 5. The molecule has 0 radical (unpaired) electrons. The second-order valence-electron chi connectivity index (χ2n) is 12.2. The van der Waals surface area contributed by atoms with Crippen molar-refractivity contribution >= 4 is 66.2 Å². The first kappa shape index (κ1) is 37.2. The molecule has 0 heterocycles. The van der Waals surface area contributed by atoms with Crippen LogP contribution in [0.1, 0.15) is 50.4 Å². The van der Waals surface area contributed by atoms with Crippen molar-refractivity contribution in [3.63, 3.8) is 0 Å². The van der Waals surface area contributed by atoms with Crippen LogP contribution in [0.3, 0.4) is 0 Å². The summed E-state index contributed by atoms with van der Waals surface area (Å²) < 4.78 is 75.7. The SMILES string of the molecule is COc1cc(Nc2c(C)cc(Cl)cc2C)ccc1C(c1ccc(Nc2c(C)cc(Cl)cc2C)cc1C)c1ccc(S(=O)(=O)O)cc1S(=O)(=O)O. The van der Waals surface area contributed by atoms with Crippen LogP contribution < -0.4 is 15.4 Å². The highest BCUT2D eigenvalue weighted by molar-refractivity contribution is 7.86. The van der Waals surface area contributed by atoms with E-state index in [1.807, 2.05) is 83.1 Å². The summed E-state index contributed by atoms with van der Waals surface area (Å²) in [6.07, 6.45) is 0. The van der Waals surface area contributed by atoms with E-state index in [0.717, 1.165) is 57.0 Å². The van der Waals surface area contributed by atoms with Crippen molar-refractivity contribution in [2.24, 2.45) is 0 Å². The molecule has 0 fully saturated rings. The van der Waals surface area contributed by atoms with Crippen LogP contribution >= 0.6 is 23.2 Å². The monoisotopic (exact) mass is 754 g/mol. The third kappa shape index (κ3) is 7.94. The molecule has 50 heavy (non-hydrogen) atoms. The van der Waals surface area contributed by atoms with Crippen molar-refractivity contribution in [1.82, 2.24) is 0 Å². The van der Waals surface area contributed by atoms with Crippen molar-refractivity contribution in [2.45, 2.75) is 50.3 Å². The van der Waals surface area contributed by atoms with E-state index in [2.05, 4.69) is 10.6 Å². The fraction of sp³-hybridized carbons (Fsp3) is 0.189. The Balaban J connectivity index is 1.70. The molecule has 0 amide bonds. The van der Waals surface area contributed by atoms with Gasteiger partial charge in [-0.15, -0.1) is 0 Å². The van der Waals surface area contributed by atoms with Gasteiger partial charge >= 0.3 is 0 Å². The lowest BCUT2D eigenvalue weighted by atomic mass is 9.82. The number of ether oxygens (including phenoxy) is 1. The second-order valence-corrected chi connectivity index (χ2v) is 15.9. The fourth-order valence-electron chi connectivity index (χ4n) is 6.25. The van der Waals surface area contributed by atoms with Crippen LogP contribution in [0, 0.1) is 34.6 Å². The Bertz CT molecular complexity index is 2320. The molecule has 4 N–H and O–H groups in total. The zero-order chi connectivity index (χ0) is 36.7. The average Bonchev–Trinajstić information content (AvgIpc) is 3.01. The highest BCUT2D eigenvalue weighted by Crippen LogP contribution is 2.44. The molecule has 0 bridgehead atoms. The first-order chi connectivity index (χ1) is 23.4. The summed E-state index contributed by atoms with van der Waals surface area (Å²) in [5, 5.41) is 8.11. The van der Waals surface area contributed by atoms with Crippen molar-refractivity contribution < 1.29 is 30.7 Å². The summed E-state index contributed by atoms with van der Waals surface area (Å²) in [5.41, 5.74) is 8.95. The molecule has 0 aromatic heterocycles. The molecule has 1 atom stereocenters. The van der Waals surface area contributed by atoms with Crippen LogP contribution in [0.5, 0.6) is 5.75 Å². The molecule has 0 aliphatic rings. The summed E-state index contributed by atoms with van der Waals surface area (Å²) in [7, 11) is -8.31. The molecule has 5 rings (SSSR count). The molecule has 0 aliphatic heterocycles. The maximum atomic E-state index is 12.8. The van der Waals surface area contributed by atoms with Gasteiger partial charge in [0, 0.05) is 50.3 Å². The number of anilines is 4. The van der Waals surface area contributed by atoms with Gasteiger partial charge in [-0.1, -0.05) is 41.4 Å². The van der Waals surface area contributed by atoms with Crippen LogP contribution in [0.4, 0.5) is 22.7 Å². The molecule has 262 valence electrons. The van der Waals surface area contributed by atoms with Crippen molar-refractivity contribution in [3.8, 4) is 5.75 Å². The Morgan fingerprint density at radius 3 is 1.48 bits per heavy atom. The Morgan fingerprint density at radius 2 is 1.04 bits per heavy atom. The first-order valence-corrected chi connectivity index (χ1v) is 19.0. The second kappa shape index (κ2) is 14.3. The first-order valence-electron chi connectivity index (χ1n) is 15.3. The number of rotatable bonds is 10. The van der Waals surface area contributed by atoms with Gasteiger partial charge < -0.3 is 15.4 Å². The van der Waals surface area contributed by atoms with E-state index in [4.69, 9.17) is 27.9 Å². The zero-order valence-corrected chi connectivity index (χ0v) is 31.2. The minimum Gasteiger partial charge on any atom is -0.496 e. The predicted molar refractivity (Wildman–Crippen MR) is 200 cm³/mol. The summed E-state index contributed by atoms with van der Waals surface area (Å²) >= 11 is 12.5. The molecule has 0 saturated heterocycles. The van der Waals surface area contributed by atoms with Gasteiger partial charge in [-0.2, -0.15) is 16.8 Å². The van der Waals surface area contributed by atoms with E-state index >= 15 is 0 Å². The number of halogens is 2. The molecule has 9 nitrogen and oxygen atoms in total. The molecule has 0 aliphatic carbocycles. The third-order valence-corrected chi connectivity index (χ3v) is 10.7. The normalized spacial score (nSPS) is 12.4. The lowest BCUT2D eigenvalue weighted by Crippen LogP contribution is -2.14. The van der Waals surface area contributed by atoms with Crippen LogP contribution in [0.25, 0.3) is 0 Å². The molecule has 5 aromatic rings. The molecule has 13 heteroatoms. The van der Waals surface area contributed by atoms with Gasteiger partial charge in [-0.25, -0.2) is 0 Å². The average molecular weight is 756 g/mol. The van der Waals surface area contributed by atoms with Gasteiger partial charge in [0.1, 0.15) is 5.75 Å². The number of hydrogen-bond acceptors (Lipinski definition) is 7. The lowest BCUT2D eigenvalue weighted by Gasteiger charge is -2.26. The van der Waals surface area contributed by atoms with Crippen LogP contribution in [0.2, 0.25) is 10.0 Å². The quantitative estimate of drug-likeness (QED) is 0.0810. The number of nitrogens with one attached hydrogen (secondary N) is 2. The van der Waals surface area contributed by atoms with Crippen LogP contribution in [-0.4, -0.2) is 33.1 Å². The Labute approximate surface area is 302 Å². The third-order valence-electron chi connectivity index (χ3n) is 8.53. The molecule has 0 spiro atoms. The Kier molecular flexibility index (Phi) is 10.6. The largest absolute Gasteiger partial charge is 0.496 e. The smallest absolute Gasteiger partial charge is 0.294 e. The highest BCUT2D eigenvalue weighted by atomic mass is 35.5. The van der Waals surface area contributed by atoms with E-state index in [0.29, 0.717) is 32.6 Å². The highest BCUT2D eigenvalue weighted by Gasteiger charge is 2.30. The van der Waals surface area contributed by atoms with Gasteiger partial charge in [0.25, 0.3) is 20.2 Å². The summed E-state index contributed by atoms with van der Waals surface area (Å²) in [6.45, 7) is 9.64. The van der Waals surface area contributed by atoms with Gasteiger partial charge in [-0.3, -0.25) is 9.11 Å². The maximum Gasteiger partial charge on any atom is 0.294 e. The summed E-state index contributed by atoms with van der Waals surface area (Å²) in [6, 6.07) is 21.5. The minimum atomic E-state index is -5.00. The van der Waals surface area contributed by atoms with E-state index < -0.39 is 35.9 Å². The number of methoxy groups -OCH3 is 1. The fourth-order valence-corrected chi connectivity index (χ4v) is 8.24. The van der Waals surface area contributed by atoms with Crippen LogP contribution in [0.15, 0.2) is 88.7 Å². The minimum absolute atomic E-state index is 0.0662. The van der Waals surface area contributed by atoms with E-state index in [1.165, 1.54) is 13.2 Å². The molecule has 1 unspecified atom stereocenters. The summed E-state index contributed by atoms with van der Waals surface area (Å²) in [4.78, 5) is -1.36. The number of hydrogen-bond donors (Lipinski definition) is 4. The zero-order valence-electron chi connectivity index (χ0n) is 28.1. The predicted octanol–water partition coefficient (Wildman–Crippen LogP) is 9.70. The molecular weight excluding hydrogens is 719 g/mol.